The van der Waals surface area contributed by atoms with Gasteiger partial charge in [-0.15, -0.1) is 0 Å². The highest BCUT2D eigenvalue weighted by Crippen LogP contribution is 2.36. The Labute approximate surface area is 307 Å². The summed E-state index contributed by atoms with van der Waals surface area (Å²) in [6, 6.07) is 14.0. The van der Waals surface area contributed by atoms with Crippen LogP contribution in [0.3, 0.4) is 0 Å². The number of carboxylic acids is 1. The van der Waals surface area contributed by atoms with Gasteiger partial charge < -0.3 is 24.6 Å². The van der Waals surface area contributed by atoms with Crippen LogP contribution in [-0.4, -0.2) is 73.1 Å². The van der Waals surface area contributed by atoms with Crippen LogP contribution in [0.5, 0.6) is 11.5 Å². The largest absolute Gasteiger partial charge is 0.488 e. The highest BCUT2D eigenvalue weighted by molar-refractivity contribution is 6.32. The number of aliphatic hydroxyl groups is 1. The number of pyridine rings is 2. The molecule has 1 aliphatic heterocycles. The van der Waals surface area contributed by atoms with Crippen molar-refractivity contribution in [2.75, 3.05) is 26.2 Å². The van der Waals surface area contributed by atoms with Crippen LogP contribution in [0, 0.1) is 18.3 Å². The molecule has 52 heavy (non-hydrogen) atoms. The Morgan fingerprint density at radius 1 is 1.02 bits per heavy atom. The average Bonchev–Trinajstić information content (AvgIpc) is 3.83. The Kier molecular flexibility index (Phi) is 12.3. The number of nitriles is 1. The zero-order valence-corrected chi connectivity index (χ0v) is 29.8. The number of unbranched alkanes of at least 4 members (excludes halogenated alkanes) is 1. The van der Waals surface area contributed by atoms with Crippen molar-refractivity contribution in [3.05, 3.63) is 100 Å². The van der Waals surface area contributed by atoms with Crippen LogP contribution in [0.25, 0.3) is 22.2 Å². The fourth-order valence-electron chi connectivity index (χ4n) is 6.48. The van der Waals surface area contributed by atoms with Gasteiger partial charge in [-0.1, -0.05) is 29.8 Å². The van der Waals surface area contributed by atoms with Crippen LogP contribution in [-0.2, 0) is 31.1 Å². The lowest BCUT2D eigenvalue weighted by atomic mass is 9.96. The molecular weight excluding hydrogens is 682 g/mol. The molecule has 3 N–H and O–H groups in total. The van der Waals surface area contributed by atoms with Crippen LogP contribution in [0.15, 0.2) is 67.3 Å². The molecule has 6 rings (SSSR count). The number of carboxylic acid groups (broad SMARTS) is 1. The average molecular weight is 724 g/mol. The third-order valence-electron chi connectivity index (χ3n) is 9.40. The van der Waals surface area contributed by atoms with Gasteiger partial charge in [0.1, 0.15) is 36.8 Å². The van der Waals surface area contributed by atoms with Gasteiger partial charge in [-0.25, -0.2) is 9.67 Å². The molecule has 1 aliphatic rings. The van der Waals surface area contributed by atoms with Gasteiger partial charge in [0.15, 0.2) is 5.65 Å². The molecule has 13 heteroatoms. The molecule has 0 saturated carbocycles. The summed E-state index contributed by atoms with van der Waals surface area (Å²) >= 11 is 6.71. The zero-order chi connectivity index (χ0) is 36.5. The van der Waals surface area contributed by atoms with E-state index in [0.29, 0.717) is 33.2 Å². The second-order valence-corrected chi connectivity index (χ2v) is 13.3. The Hall–Kier alpha value is -5.06. The summed E-state index contributed by atoms with van der Waals surface area (Å²) in [5.41, 5.74) is 6.64. The Morgan fingerprint density at radius 3 is 2.62 bits per heavy atom. The molecule has 0 amide bonds. The predicted molar refractivity (Wildman–Crippen MR) is 197 cm³/mol. The van der Waals surface area contributed by atoms with E-state index >= 15 is 0 Å². The van der Waals surface area contributed by atoms with Crippen LogP contribution in [0.1, 0.15) is 53.5 Å². The van der Waals surface area contributed by atoms with Gasteiger partial charge in [-0.3, -0.25) is 15.1 Å². The summed E-state index contributed by atoms with van der Waals surface area (Å²) in [6.45, 7) is 6.25. The number of hydrogen-bond acceptors (Lipinski definition) is 10. The van der Waals surface area contributed by atoms with Gasteiger partial charge in [0.05, 0.1) is 23.4 Å². The number of halogens is 1. The quantitative estimate of drug-likeness (QED) is 0.0982. The van der Waals surface area contributed by atoms with E-state index in [9.17, 15) is 20.3 Å². The Balaban J connectivity index is 1.19. The number of aliphatic hydroxyl groups excluding tert-OH is 1. The van der Waals surface area contributed by atoms with E-state index in [0.717, 1.165) is 59.2 Å². The number of carbonyl (C=O) groups is 1. The van der Waals surface area contributed by atoms with Gasteiger partial charge in [0.25, 0.3) is 0 Å². The van der Waals surface area contributed by atoms with Crippen molar-refractivity contribution in [2.24, 2.45) is 0 Å². The first-order valence-electron chi connectivity index (χ1n) is 17.5. The van der Waals surface area contributed by atoms with Crippen LogP contribution in [0.4, 0.5) is 0 Å². The van der Waals surface area contributed by atoms with Gasteiger partial charge in [0, 0.05) is 54.3 Å². The maximum atomic E-state index is 11.5. The van der Waals surface area contributed by atoms with E-state index in [-0.39, 0.29) is 19.8 Å². The Bertz CT molecular complexity index is 2060. The molecular formula is C39H42ClN7O5. The molecule has 2 aromatic carbocycles. The molecule has 5 aromatic rings. The van der Waals surface area contributed by atoms with Crippen LogP contribution >= 0.6 is 11.6 Å². The van der Waals surface area contributed by atoms with E-state index in [1.807, 2.05) is 35.3 Å². The van der Waals surface area contributed by atoms with E-state index in [1.165, 1.54) is 32.1 Å². The molecule has 0 bridgehead atoms. The number of ether oxygens (including phenoxy) is 2. The number of likely N-dealkylation sites (tertiary alicyclic amines) is 1. The van der Waals surface area contributed by atoms with Gasteiger partial charge in [0.2, 0.25) is 0 Å². The number of nitrogens with one attached hydrogen (secondary N) is 1. The third kappa shape index (κ3) is 8.86. The van der Waals surface area contributed by atoms with E-state index in [4.69, 9.17) is 31.2 Å². The van der Waals surface area contributed by atoms with Crippen molar-refractivity contribution in [1.29, 1.82) is 5.26 Å². The van der Waals surface area contributed by atoms with Crippen LogP contribution in [0.2, 0.25) is 5.02 Å². The highest BCUT2D eigenvalue weighted by Gasteiger charge is 2.19. The number of nitrogens with zero attached hydrogens (tertiary/aromatic N) is 6. The fourth-order valence-corrected chi connectivity index (χ4v) is 6.72. The first-order chi connectivity index (χ1) is 25.3. The van der Waals surface area contributed by atoms with E-state index in [1.54, 1.807) is 24.4 Å². The summed E-state index contributed by atoms with van der Waals surface area (Å²) in [6.07, 6.45) is 11.6. The van der Waals surface area contributed by atoms with E-state index in [2.05, 4.69) is 34.3 Å². The molecule has 1 atom stereocenters. The van der Waals surface area contributed by atoms with Gasteiger partial charge >= 0.3 is 5.97 Å². The molecule has 3 aromatic heterocycles. The van der Waals surface area contributed by atoms with Crippen LogP contribution < -0.4 is 14.8 Å². The second-order valence-electron chi connectivity index (χ2n) is 12.9. The number of benzene rings is 2. The lowest BCUT2D eigenvalue weighted by Crippen LogP contribution is -2.39. The van der Waals surface area contributed by atoms with Crippen molar-refractivity contribution < 1.29 is 24.5 Å². The maximum absolute atomic E-state index is 11.5. The lowest BCUT2D eigenvalue weighted by molar-refractivity contribution is -0.140. The summed E-state index contributed by atoms with van der Waals surface area (Å²) in [5, 5.41) is 37.0. The van der Waals surface area contributed by atoms with Crippen molar-refractivity contribution in [2.45, 2.75) is 65.0 Å². The number of aliphatic carboxylic acids is 1. The fraction of sp³-hybridized carbons (Fsp3) is 0.359. The van der Waals surface area contributed by atoms with E-state index < -0.39 is 18.6 Å². The highest BCUT2D eigenvalue weighted by atomic mass is 35.5. The SMILES string of the molecule is Cc1c(COc2cc(OCc3cncc(C#N)c3)c(CNC(CO)C(=O)O)cc2Cl)cccc1-c1ccnc2c1cnn2CCCCN1CCCC1. The number of aryl methyl sites for hydroxylation is 1. The minimum Gasteiger partial charge on any atom is -0.488 e. The maximum Gasteiger partial charge on any atom is 0.323 e. The summed E-state index contributed by atoms with van der Waals surface area (Å²) in [4.78, 5) is 22.8. The molecule has 0 aliphatic carbocycles. The summed E-state index contributed by atoms with van der Waals surface area (Å²) in [5.74, 6) is -0.407. The molecule has 4 heterocycles. The molecule has 0 radical (unpaired) electrons. The first kappa shape index (κ1) is 36.7. The first-order valence-corrected chi connectivity index (χ1v) is 17.8. The standard InChI is InChI=1S/C39H42ClN7O5/c1-26-29(7-6-8-31(26)32-9-10-43-38-33(32)22-45-47(38)14-5-4-13-46-11-2-3-12-46)25-52-37-17-36(51-24-28-15-27(18-41)19-42-20-28)30(16-34(37)40)21-44-35(23-48)39(49)50/h6-10,15-17,19-20,22,35,44,48H,2-5,11-14,21,23-25H2,1H3,(H,49,50). The van der Waals surface area contributed by atoms with Gasteiger partial charge in [-0.2, -0.15) is 10.4 Å². The summed E-state index contributed by atoms with van der Waals surface area (Å²) in [7, 11) is 0. The number of rotatable bonds is 17. The minimum absolute atomic E-state index is 0.0556. The number of fused-ring (bicyclic) bond motifs is 1. The minimum atomic E-state index is -1.18. The van der Waals surface area contributed by atoms with Crippen molar-refractivity contribution >= 4 is 28.6 Å². The molecule has 0 spiro atoms. The molecule has 1 unspecified atom stereocenters. The Morgan fingerprint density at radius 2 is 1.83 bits per heavy atom. The topological polar surface area (TPSA) is 159 Å². The predicted octanol–water partition coefficient (Wildman–Crippen LogP) is 5.90. The lowest BCUT2D eigenvalue weighted by Gasteiger charge is -2.18. The third-order valence-corrected chi connectivity index (χ3v) is 9.70. The van der Waals surface area contributed by atoms with Crippen molar-refractivity contribution in [1.82, 2.24) is 30.0 Å². The number of hydrogen-bond donors (Lipinski definition) is 3. The second kappa shape index (κ2) is 17.4. The van der Waals surface area contributed by atoms with Gasteiger partial charge in [-0.05, 0) is 92.7 Å². The smallest absolute Gasteiger partial charge is 0.323 e. The monoisotopic (exact) mass is 723 g/mol. The normalized spacial score (nSPS) is 13.7. The zero-order valence-electron chi connectivity index (χ0n) is 29.1. The van der Waals surface area contributed by atoms with Crippen molar-refractivity contribution in [3.8, 4) is 28.7 Å². The molecule has 12 nitrogen and oxygen atoms in total. The van der Waals surface area contributed by atoms with Crippen molar-refractivity contribution in [3.63, 3.8) is 0 Å². The molecule has 1 fully saturated rings. The molecule has 1 saturated heterocycles. The number of aromatic nitrogens is 4. The molecule has 270 valence electrons. The summed E-state index contributed by atoms with van der Waals surface area (Å²) < 4.78 is 14.4.